The zero-order chi connectivity index (χ0) is 37.8. The van der Waals surface area contributed by atoms with Gasteiger partial charge in [0.15, 0.2) is 5.82 Å². The van der Waals surface area contributed by atoms with Crippen molar-refractivity contribution in [2.75, 3.05) is 29.0 Å². The number of likely N-dealkylation sites (tertiary alicyclic amines) is 1. The number of Topliss-reactive ketones (excluding diaryl/α,β-unsaturated/α-hetero) is 2. The van der Waals surface area contributed by atoms with E-state index in [9.17, 15) is 45.5 Å². The first-order valence-corrected chi connectivity index (χ1v) is 15.7. The van der Waals surface area contributed by atoms with Crippen LogP contribution in [0, 0.1) is 12.8 Å². The summed E-state index contributed by atoms with van der Waals surface area (Å²) in [4.78, 5) is 60.0. The molecule has 0 spiro atoms. The van der Waals surface area contributed by atoms with Crippen molar-refractivity contribution in [3.63, 3.8) is 0 Å². The number of carbonyl (C=O) groups is 4. The third-order valence-corrected chi connectivity index (χ3v) is 8.15. The van der Waals surface area contributed by atoms with E-state index in [-0.39, 0.29) is 17.7 Å². The summed E-state index contributed by atoms with van der Waals surface area (Å²) in [6, 6.07) is 7.76. The van der Waals surface area contributed by atoms with Crippen molar-refractivity contribution in [3.05, 3.63) is 76.5 Å². The second kappa shape index (κ2) is 15.3. The molecule has 274 valence electrons. The van der Waals surface area contributed by atoms with Gasteiger partial charge in [-0.1, -0.05) is 16.8 Å². The number of hydrogen-bond donors (Lipinski definition) is 3. The Morgan fingerprint density at radius 1 is 0.962 bits per heavy atom. The number of alkyl halides is 6. The molecule has 6 rings (SSSR count). The minimum atomic E-state index is -5.77. The number of nitrogens with zero attached hydrogens (tertiary/aromatic N) is 5. The van der Waals surface area contributed by atoms with Gasteiger partial charge in [0.2, 0.25) is 11.9 Å². The van der Waals surface area contributed by atoms with Gasteiger partial charge >= 0.3 is 23.9 Å². The summed E-state index contributed by atoms with van der Waals surface area (Å²) in [6.45, 7) is 2.84. The van der Waals surface area contributed by atoms with Crippen LogP contribution in [0.5, 0.6) is 0 Å². The minimum absolute atomic E-state index is 0.0746. The van der Waals surface area contributed by atoms with Gasteiger partial charge in [0.05, 0.1) is 24.3 Å². The summed E-state index contributed by atoms with van der Waals surface area (Å²) in [6.07, 6.45) is -2.54. The number of pyridine rings is 1. The first-order chi connectivity index (χ1) is 24.5. The van der Waals surface area contributed by atoms with E-state index in [0.717, 1.165) is 41.0 Å². The maximum Gasteiger partial charge on any atom is 0.458 e. The number of benzene rings is 1. The van der Waals surface area contributed by atoms with E-state index >= 15 is 0 Å². The van der Waals surface area contributed by atoms with Crippen LogP contribution in [0.3, 0.4) is 0 Å². The fourth-order valence-corrected chi connectivity index (χ4v) is 5.47. The first kappa shape index (κ1) is 37.7. The van der Waals surface area contributed by atoms with Gasteiger partial charge < -0.3 is 25.4 Å². The molecule has 0 saturated carbocycles. The summed E-state index contributed by atoms with van der Waals surface area (Å²) in [5, 5.41) is 13.6. The highest BCUT2D eigenvalue weighted by Crippen LogP contribution is 2.30. The van der Waals surface area contributed by atoms with Crippen LogP contribution >= 0.6 is 11.6 Å². The molecule has 1 atom stereocenters. The quantitative estimate of drug-likeness (QED) is 0.158. The number of ketones is 2. The van der Waals surface area contributed by atoms with Crippen LogP contribution in [0.15, 0.2) is 53.6 Å². The van der Waals surface area contributed by atoms with E-state index in [1.165, 1.54) is 12.4 Å². The van der Waals surface area contributed by atoms with E-state index in [1.54, 1.807) is 18.0 Å². The summed E-state index contributed by atoms with van der Waals surface area (Å²) in [5.41, 5.74) is 4.77. The van der Waals surface area contributed by atoms with Crippen molar-refractivity contribution in [1.82, 2.24) is 25.0 Å². The minimum Gasteiger partial charge on any atom is -0.361 e. The van der Waals surface area contributed by atoms with E-state index in [2.05, 4.69) is 36.1 Å². The number of aryl methyl sites for hydroxylation is 3. The summed E-state index contributed by atoms with van der Waals surface area (Å²) >= 11 is 6.36. The maximum atomic E-state index is 13.1. The lowest BCUT2D eigenvalue weighted by Crippen LogP contribution is -2.39. The number of rotatable bonds is 5. The lowest BCUT2D eigenvalue weighted by atomic mass is 10.0. The van der Waals surface area contributed by atoms with Crippen LogP contribution < -0.4 is 16.0 Å². The Kier molecular flexibility index (Phi) is 11.1. The number of anilines is 5. The Morgan fingerprint density at radius 2 is 1.69 bits per heavy atom. The molecule has 3 N–H and O–H groups in total. The van der Waals surface area contributed by atoms with Gasteiger partial charge in [-0.3, -0.25) is 24.2 Å². The molecule has 1 saturated heterocycles. The molecule has 0 unspecified atom stereocenters. The lowest BCUT2D eigenvalue weighted by molar-refractivity contribution is -0.193. The zero-order valence-corrected chi connectivity index (χ0v) is 27.6. The average Bonchev–Trinajstić information content (AvgIpc) is 3.73. The van der Waals surface area contributed by atoms with Gasteiger partial charge in [-0.2, -0.15) is 31.3 Å². The summed E-state index contributed by atoms with van der Waals surface area (Å²) in [5.74, 6) is -5.57. The van der Waals surface area contributed by atoms with Crippen molar-refractivity contribution >= 4 is 63.8 Å². The molecular weight excluding hydrogens is 726 g/mol. The highest BCUT2D eigenvalue weighted by atomic mass is 35.5. The smallest absolute Gasteiger partial charge is 0.361 e. The van der Waals surface area contributed by atoms with Gasteiger partial charge in [-0.25, -0.2) is 4.98 Å². The molecule has 20 heteroatoms. The van der Waals surface area contributed by atoms with Gasteiger partial charge in [0, 0.05) is 37.1 Å². The van der Waals surface area contributed by atoms with E-state index in [4.69, 9.17) is 16.1 Å². The molecule has 1 aromatic carbocycles. The van der Waals surface area contributed by atoms with Crippen molar-refractivity contribution in [2.24, 2.45) is 5.92 Å². The van der Waals surface area contributed by atoms with Crippen LogP contribution in [-0.4, -0.2) is 73.8 Å². The number of halogens is 7. The molecule has 6 bridgehead atoms. The highest BCUT2D eigenvalue weighted by molar-refractivity contribution is 6.41. The van der Waals surface area contributed by atoms with Crippen LogP contribution in [0.2, 0.25) is 5.02 Å². The van der Waals surface area contributed by atoms with Gasteiger partial charge in [0.1, 0.15) is 16.3 Å². The molecular formula is C32H27ClF6N8O5. The van der Waals surface area contributed by atoms with Crippen LogP contribution in [-0.2, 0) is 27.2 Å². The normalized spacial score (nSPS) is 15.4. The molecule has 1 fully saturated rings. The Bertz CT molecular complexity index is 1980. The Balaban J connectivity index is 0.000000376. The second-order valence-corrected chi connectivity index (χ2v) is 12.1. The number of amides is 2. The standard InChI is InChI=1S/C28H27ClN8O3.C4F6O2/c1-16-22(13-32-40-16)27(39)37-7-6-18(15-37)9-25(38)35-24-5-4-20-10-19(24)3-2-17-8-21(12-30-11-17)34-28-31-14-23(29)26(33-20)36-28;5-3(6,7)1(11)2(12)4(8,9)10/h4-5,8,10-14,18H,2-3,6-7,9,15H2,1H3,(H,35,38)(H2,31,33,34,36);/t18-;/m0./s1. The Labute approximate surface area is 295 Å². The van der Waals surface area contributed by atoms with Gasteiger partial charge in [0.25, 0.3) is 5.91 Å². The number of aromatic nitrogens is 4. The predicted octanol–water partition coefficient (Wildman–Crippen LogP) is 6.15. The molecule has 2 aliphatic heterocycles. The zero-order valence-electron chi connectivity index (χ0n) is 26.9. The molecule has 5 heterocycles. The number of hydrogen-bond acceptors (Lipinski definition) is 11. The van der Waals surface area contributed by atoms with Crippen LogP contribution in [0.4, 0.5) is 55.2 Å². The van der Waals surface area contributed by atoms with Crippen molar-refractivity contribution < 1.29 is 50.0 Å². The van der Waals surface area contributed by atoms with Crippen LogP contribution in [0.25, 0.3) is 0 Å². The molecule has 2 amide bonds. The average molecular weight is 753 g/mol. The summed E-state index contributed by atoms with van der Waals surface area (Å²) < 4.78 is 72.0. The maximum absolute atomic E-state index is 13.1. The number of fused-ring (bicyclic) bond motifs is 6. The first-order valence-electron chi connectivity index (χ1n) is 15.3. The molecule has 0 radical (unpaired) electrons. The summed E-state index contributed by atoms with van der Waals surface area (Å²) in [7, 11) is 0. The third-order valence-electron chi connectivity index (χ3n) is 7.87. The van der Waals surface area contributed by atoms with Gasteiger partial charge in [-0.05, 0) is 67.5 Å². The van der Waals surface area contributed by atoms with E-state index in [1.807, 2.05) is 30.5 Å². The fourth-order valence-electron chi connectivity index (χ4n) is 5.33. The Morgan fingerprint density at radius 3 is 2.37 bits per heavy atom. The van der Waals surface area contributed by atoms with Gasteiger partial charge in [-0.15, -0.1) is 0 Å². The number of nitrogens with one attached hydrogen (secondary N) is 3. The molecule has 13 nitrogen and oxygen atoms in total. The molecule has 2 aliphatic rings. The predicted molar refractivity (Wildman–Crippen MR) is 172 cm³/mol. The highest BCUT2D eigenvalue weighted by Gasteiger charge is 2.54. The Hall–Kier alpha value is -5.59. The molecule has 3 aromatic heterocycles. The van der Waals surface area contributed by atoms with E-state index < -0.39 is 23.9 Å². The van der Waals surface area contributed by atoms with E-state index in [0.29, 0.717) is 54.0 Å². The third kappa shape index (κ3) is 9.39. The molecule has 52 heavy (non-hydrogen) atoms. The number of carbonyl (C=O) groups excluding carboxylic acids is 4. The molecule has 0 aliphatic carbocycles. The van der Waals surface area contributed by atoms with Crippen LogP contribution in [0.1, 0.15) is 40.1 Å². The monoisotopic (exact) mass is 752 g/mol. The SMILES string of the molecule is Cc1oncc1C(=O)N1CC[C@@H](CC(=O)Nc2ccc3cc2CCc2cncc(c2)Nc2ncc(Cl)c(n2)N3)C1.O=C(C(=O)C(F)(F)F)C(F)(F)F. The molecule has 4 aromatic rings. The van der Waals surface area contributed by atoms with Crippen molar-refractivity contribution in [1.29, 1.82) is 0 Å². The van der Waals surface area contributed by atoms with Crippen molar-refractivity contribution in [2.45, 2.75) is 45.0 Å². The second-order valence-electron chi connectivity index (χ2n) is 11.7. The largest absolute Gasteiger partial charge is 0.458 e. The fraction of sp³-hybridized carbons (Fsp3) is 0.312. The van der Waals surface area contributed by atoms with Crippen molar-refractivity contribution in [3.8, 4) is 0 Å². The lowest BCUT2D eigenvalue weighted by Gasteiger charge is -2.17. The topological polar surface area (TPSA) is 172 Å².